The quantitative estimate of drug-likeness (QED) is 0.392. The van der Waals surface area contributed by atoms with Crippen LogP contribution in [0.15, 0.2) is 12.7 Å². The van der Waals surface area contributed by atoms with Gasteiger partial charge >= 0.3 is 5.97 Å². The standard InChI is InChI=1S/C7H10Cl2O2/c1-3-5(8)7(10)11-6(9)4-2/h3,5-6H,1,4H2,2H3. The van der Waals surface area contributed by atoms with E-state index >= 15 is 0 Å². The topological polar surface area (TPSA) is 26.3 Å². The third-order valence-electron chi connectivity index (χ3n) is 0.997. The Kier molecular flexibility index (Phi) is 5.34. The highest BCUT2D eigenvalue weighted by Gasteiger charge is 2.15. The average Bonchev–Trinajstić information content (AvgIpc) is 2.02. The summed E-state index contributed by atoms with van der Waals surface area (Å²) in [5.74, 6) is -0.552. The van der Waals surface area contributed by atoms with Gasteiger partial charge in [-0.1, -0.05) is 24.6 Å². The van der Waals surface area contributed by atoms with Crippen molar-refractivity contribution >= 4 is 29.2 Å². The van der Waals surface area contributed by atoms with Crippen LogP contribution < -0.4 is 0 Å². The molecule has 4 heteroatoms. The van der Waals surface area contributed by atoms with Crippen LogP contribution in [-0.2, 0) is 9.53 Å². The average molecular weight is 197 g/mol. The minimum atomic E-state index is -0.803. The van der Waals surface area contributed by atoms with Crippen LogP contribution in [0, 0.1) is 0 Å². The Bertz CT molecular complexity index is 147. The molecule has 0 bridgehead atoms. The molecule has 64 valence electrons. The molecule has 0 aromatic heterocycles. The maximum absolute atomic E-state index is 10.8. The summed E-state index contributed by atoms with van der Waals surface area (Å²) in [6, 6.07) is 0. The third-order valence-corrected chi connectivity index (χ3v) is 1.75. The SMILES string of the molecule is C=CC(Cl)C(=O)OC(Cl)CC. The van der Waals surface area contributed by atoms with Gasteiger partial charge in [0.15, 0.2) is 5.56 Å². The predicted octanol–water partition coefficient (Wildman–Crippen LogP) is 2.30. The molecule has 0 heterocycles. The van der Waals surface area contributed by atoms with Crippen molar-refractivity contribution in [1.29, 1.82) is 0 Å². The number of carbonyl (C=O) groups excluding carboxylic acids is 1. The van der Waals surface area contributed by atoms with Crippen molar-refractivity contribution in [3.8, 4) is 0 Å². The molecule has 0 saturated heterocycles. The predicted molar refractivity (Wildman–Crippen MR) is 45.9 cm³/mol. The molecule has 0 aliphatic heterocycles. The van der Waals surface area contributed by atoms with Crippen molar-refractivity contribution in [3.63, 3.8) is 0 Å². The first kappa shape index (κ1) is 10.8. The van der Waals surface area contributed by atoms with Crippen LogP contribution in [0.1, 0.15) is 13.3 Å². The van der Waals surface area contributed by atoms with Crippen molar-refractivity contribution in [2.45, 2.75) is 24.3 Å². The molecule has 0 fully saturated rings. The first-order valence-electron chi connectivity index (χ1n) is 3.23. The van der Waals surface area contributed by atoms with Crippen LogP contribution in [0.5, 0.6) is 0 Å². The largest absolute Gasteiger partial charge is 0.445 e. The number of halogens is 2. The van der Waals surface area contributed by atoms with Gasteiger partial charge in [-0.25, -0.2) is 0 Å². The molecular weight excluding hydrogens is 187 g/mol. The van der Waals surface area contributed by atoms with Gasteiger partial charge in [0.05, 0.1) is 0 Å². The number of hydrogen-bond acceptors (Lipinski definition) is 2. The fourth-order valence-electron chi connectivity index (χ4n) is 0.371. The van der Waals surface area contributed by atoms with E-state index in [2.05, 4.69) is 11.3 Å². The van der Waals surface area contributed by atoms with Gasteiger partial charge in [-0.05, 0) is 6.42 Å². The van der Waals surface area contributed by atoms with Crippen LogP contribution in [0.3, 0.4) is 0 Å². The monoisotopic (exact) mass is 196 g/mol. The van der Waals surface area contributed by atoms with Crippen molar-refractivity contribution < 1.29 is 9.53 Å². The van der Waals surface area contributed by atoms with Crippen LogP contribution in [-0.4, -0.2) is 16.9 Å². The summed E-state index contributed by atoms with van der Waals surface area (Å²) < 4.78 is 4.68. The summed E-state index contributed by atoms with van der Waals surface area (Å²) >= 11 is 11.0. The summed E-state index contributed by atoms with van der Waals surface area (Å²) in [6.07, 6.45) is 1.86. The lowest BCUT2D eigenvalue weighted by Gasteiger charge is -2.09. The van der Waals surface area contributed by atoms with Crippen molar-refractivity contribution in [3.05, 3.63) is 12.7 Å². The zero-order chi connectivity index (χ0) is 8.85. The highest BCUT2D eigenvalue weighted by molar-refractivity contribution is 6.31. The molecule has 0 aliphatic carbocycles. The maximum atomic E-state index is 10.8. The molecule has 0 saturated carbocycles. The van der Waals surface area contributed by atoms with Crippen molar-refractivity contribution in [1.82, 2.24) is 0 Å². The number of esters is 1. The van der Waals surface area contributed by atoms with Gasteiger partial charge in [0, 0.05) is 0 Å². The number of carbonyl (C=O) groups is 1. The Labute approximate surface area is 76.1 Å². The van der Waals surface area contributed by atoms with E-state index in [-0.39, 0.29) is 0 Å². The molecular formula is C7H10Cl2O2. The fraction of sp³-hybridized carbons (Fsp3) is 0.571. The minimum Gasteiger partial charge on any atom is -0.445 e. The fourth-order valence-corrected chi connectivity index (χ4v) is 0.510. The Morgan fingerprint density at radius 3 is 2.64 bits per heavy atom. The second kappa shape index (κ2) is 5.44. The lowest BCUT2D eigenvalue weighted by molar-refractivity contribution is -0.144. The molecule has 2 atom stereocenters. The zero-order valence-electron chi connectivity index (χ0n) is 6.22. The maximum Gasteiger partial charge on any atom is 0.329 e. The Morgan fingerprint density at radius 1 is 1.73 bits per heavy atom. The Balaban J connectivity index is 3.77. The normalized spacial score (nSPS) is 15.2. The molecule has 0 radical (unpaired) electrons. The summed E-state index contributed by atoms with van der Waals surface area (Å²) in [5.41, 5.74) is -0.594. The third kappa shape index (κ3) is 4.27. The molecule has 0 rings (SSSR count). The molecule has 0 aromatic carbocycles. The van der Waals surface area contributed by atoms with Crippen LogP contribution in [0.4, 0.5) is 0 Å². The van der Waals surface area contributed by atoms with E-state index in [1.807, 2.05) is 6.92 Å². The molecule has 0 N–H and O–H groups in total. The second-order valence-electron chi connectivity index (χ2n) is 1.89. The summed E-state index contributed by atoms with van der Waals surface area (Å²) in [7, 11) is 0. The summed E-state index contributed by atoms with van der Waals surface area (Å²) in [4.78, 5) is 10.8. The summed E-state index contributed by atoms with van der Waals surface area (Å²) in [5, 5.41) is -0.803. The van der Waals surface area contributed by atoms with Gasteiger partial charge in [0.2, 0.25) is 0 Å². The van der Waals surface area contributed by atoms with Gasteiger partial charge in [-0.2, -0.15) is 0 Å². The van der Waals surface area contributed by atoms with Crippen molar-refractivity contribution in [2.75, 3.05) is 0 Å². The highest BCUT2D eigenvalue weighted by Crippen LogP contribution is 2.07. The van der Waals surface area contributed by atoms with Gasteiger partial charge in [-0.3, -0.25) is 4.79 Å². The van der Waals surface area contributed by atoms with E-state index < -0.39 is 16.9 Å². The summed E-state index contributed by atoms with van der Waals surface area (Å²) in [6.45, 7) is 5.15. The van der Waals surface area contributed by atoms with E-state index in [1.54, 1.807) is 0 Å². The first-order chi connectivity index (χ1) is 5.11. The molecule has 0 aliphatic rings. The lowest BCUT2D eigenvalue weighted by atomic mass is 10.4. The molecule has 0 spiro atoms. The highest BCUT2D eigenvalue weighted by atomic mass is 35.5. The van der Waals surface area contributed by atoms with E-state index in [9.17, 15) is 4.79 Å². The molecule has 0 amide bonds. The Hall–Kier alpha value is -0.210. The molecule has 2 nitrogen and oxygen atoms in total. The van der Waals surface area contributed by atoms with E-state index in [1.165, 1.54) is 6.08 Å². The van der Waals surface area contributed by atoms with Crippen molar-refractivity contribution in [2.24, 2.45) is 0 Å². The van der Waals surface area contributed by atoms with Crippen LogP contribution in [0.2, 0.25) is 0 Å². The van der Waals surface area contributed by atoms with E-state index in [0.29, 0.717) is 6.42 Å². The number of ether oxygens (including phenoxy) is 1. The molecule has 11 heavy (non-hydrogen) atoms. The number of rotatable bonds is 4. The van der Waals surface area contributed by atoms with Gasteiger partial charge in [-0.15, -0.1) is 18.2 Å². The van der Waals surface area contributed by atoms with Crippen LogP contribution in [0.25, 0.3) is 0 Å². The molecule has 0 aromatic rings. The number of hydrogen-bond donors (Lipinski definition) is 0. The molecule has 2 unspecified atom stereocenters. The second-order valence-corrected chi connectivity index (χ2v) is 2.85. The zero-order valence-corrected chi connectivity index (χ0v) is 7.73. The van der Waals surface area contributed by atoms with Crippen LogP contribution >= 0.6 is 23.2 Å². The smallest absolute Gasteiger partial charge is 0.329 e. The van der Waals surface area contributed by atoms with Gasteiger partial charge in [0.25, 0.3) is 0 Å². The van der Waals surface area contributed by atoms with E-state index in [4.69, 9.17) is 23.2 Å². The number of alkyl halides is 2. The van der Waals surface area contributed by atoms with E-state index in [0.717, 1.165) is 0 Å². The minimum absolute atomic E-state index is 0.552. The lowest BCUT2D eigenvalue weighted by Crippen LogP contribution is -2.19. The first-order valence-corrected chi connectivity index (χ1v) is 4.10. The van der Waals surface area contributed by atoms with Gasteiger partial charge in [0.1, 0.15) is 5.38 Å². The Morgan fingerprint density at radius 2 is 2.27 bits per heavy atom. The van der Waals surface area contributed by atoms with Gasteiger partial charge < -0.3 is 4.74 Å².